The fourth-order valence-corrected chi connectivity index (χ4v) is 1.28. The number of rotatable bonds is 7. The molecule has 1 aromatic rings. The largest absolute Gasteiger partial charge is 0.453 e. The Morgan fingerprint density at radius 2 is 2.00 bits per heavy atom. The van der Waals surface area contributed by atoms with Gasteiger partial charge in [-0.15, -0.1) is 0 Å². The monoisotopic (exact) mass is 237 g/mol. The highest BCUT2D eigenvalue weighted by Crippen LogP contribution is 2.19. The van der Waals surface area contributed by atoms with Crippen molar-refractivity contribution in [1.82, 2.24) is 0 Å². The van der Waals surface area contributed by atoms with Crippen LogP contribution in [0.4, 0.5) is 0 Å². The van der Waals surface area contributed by atoms with E-state index < -0.39 is 11.7 Å². The van der Waals surface area contributed by atoms with Crippen LogP contribution in [0.1, 0.15) is 26.7 Å². The molecule has 0 aliphatic rings. The molecule has 0 saturated heterocycles. The summed E-state index contributed by atoms with van der Waals surface area (Å²) < 4.78 is 11.0. The highest BCUT2D eigenvalue weighted by molar-refractivity contribution is 5.81. The Morgan fingerprint density at radius 3 is 2.53 bits per heavy atom. The molecule has 0 spiro atoms. The second-order valence-electron chi connectivity index (χ2n) is 3.93. The van der Waals surface area contributed by atoms with E-state index in [-0.39, 0.29) is 0 Å². The molecular formula is C13H19NO3. The Kier molecular flexibility index (Phi) is 4.97. The fraction of sp³-hybridized carbons (Fsp3) is 0.462. The molecule has 17 heavy (non-hydrogen) atoms. The Hall–Kier alpha value is -1.55. The average Bonchev–Trinajstić information content (AvgIpc) is 2.30. The summed E-state index contributed by atoms with van der Waals surface area (Å²) in [4.78, 5) is 11.4. The van der Waals surface area contributed by atoms with E-state index >= 15 is 0 Å². The van der Waals surface area contributed by atoms with E-state index in [4.69, 9.17) is 15.2 Å². The van der Waals surface area contributed by atoms with Crippen molar-refractivity contribution in [1.29, 1.82) is 0 Å². The van der Waals surface area contributed by atoms with Crippen LogP contribution in [0.5, 0.6) is 5.75 Å². The molecule has 0 saturated carbocycles. The number of unbranched alkanes of at least 4 members (excludes halogenated alkanes) is 1. The summed E-state index contributed by atoms with van der Waals surface area (Å²) in [5.41, 5.74) is 5.31. The molecule has 1 aromatic carbocycles. The predicted molar refractivity (Wildman–Crippen MR) is 65.5 cm³/mol. The van der Waals surface area contributed by atoms with Gasteiger partial charge in [-0.25, -0.2) is 0 Å². The van der Waals surface area contributed by atoms with Crippen LogP contribution >= 0.6 is 0 Å². The second-order valence-corrected chi connectivity index (χ2v) is 3.93. The van der Waals surface area contributed by atoms with Crippen molar-refractivity contribution in [3.63, 3.8) is 0 Å². The van der Waals surface area contributed by atoms with Crippen molar-refractivity contribution < 1.29 is 14.3 Å². The molecule has 0 heterocycles. The summed E-state index contributed by atoms with van der Waals surface area (Å²) in [5, 5.41) is 0. The molecule has 0 aromatic heterocycles. The Bertz CT molecular complexity index is 353. The molecular weight excluding hydrogens is 218 g/mol. The first-order valence-corrected chi connectivity index (χ1v) is 5.76. The van der Waals surface area contributed by atoms with Crippen molar-refractivity contribution in [2.45, 2.75) is 32.5 Å². The summed E-state index contributed by atoms with van der Waals surface area (Å²) in [6.07, 6.45) is 1.85. The maximum Gasteiger partial charge on any atom is 0.290 e. The van der Waals surface area contributed by atoms with Gasteiger partial charge in [-0.2, -0.15) is 0 Å². The number of para-hydroxylation sites is 1. The highest BCUT2D eigenvalue weighted by Gasteiger charge is 2.34. The third-order valence-corrected chi connectivity index (χ3v) is 2.38. The zero-order chi connectivity index (χ0) is 12.7. The van der Waals surface area contributed by atoms with Gasteiger partial charge in [-0.1, -0.05) is 31.5 Å². The lowest BCUT2D eigenvalue weighted by Crippen LogP contribution is -2.48. The third-order valence-electron chi connectivity index (χ3n) is 2.38. The van der Waals surface area contributed by atoms with E-state index in [1.807, 2.05) is 25.1 Å². The van der Waals surface area contributed by atoms with E-state index in [0.717, 1.165) is 12.8 Å². The normalized spacial score (nSPS) is 14.0. The minimum atomic E-state index is -1.41. The molecule has 0 fully saturated rings. The number of hydrogen-bond acceptors (Lipinski definition) is 3. The number of primary amides is 1. The van der Waals surface area contributed by atoms with Crippen LogP contribution in [-0.4, -0.2) is 18.3 Å². The highest BCUT2D eigenvalue weighted by atomic mass is 16.7. The van der Waals surface area contributed by atoms with Crippen molar-refractivity contribution in [3.8, 4) is 5.75 Å². The van der Waals surface area contributed by atoms with Gasteiger partial charge in [-0.05, 0) is 18.6 Å². The molecule has 4 heteroatoms. The lowest BCUT2D eigenvalue weighted by Gasteiger charge is -2.27. The average molecular weight is 237 g/mol. The SMILES string of the molecule is CCCCOC(C)(Oc1ccccc1)C(N)=O. The van der Waals surface area contributed by atoms with Crippen LogP contribution in [-0.2, 0) is 9.53 Å². The molecule has 2 N–H and O–H groups in total. The van der Waals surface area contributed by atoms with E-state index in [2.05, 4.69) is 0 Å². The topological polar surface area (TPSA) is 61.6 Å². The first kappa shape index (κ1) is 13.5. The van der Waals surface area contributed by atoms with Gasteiger partial charge in [0.05, 0.1) is 6.61 Å². The van der Waals surface area contributed by atoms with Gasteiger partial charge in [0, 0.05) is 6.92 Å². The Balaban J connectivity index is 2.68. The molecule has 0 aliphatic carbocycles. The first-order chi connectivity index (χ1) is 8.08. The van der Waals surface area contributed by atoms with Crippen LogP contribution in [0.2, 0.25) is 0 Å². The maximum atomic E-state index is 11.4. The van der Waals surface area contributed by atoms with Crippen LogP contribution in [0.3, 0.4) is 0 Å². The number of carbonyl (C=O) groups excluding carboxylic acids is 1. The molecule has 1 atom stereocenters. The van der Waals surface area contributed by atoms with Gasteiger partial charge in [0.25, 0.3) is 11.7 Å². The fourth-order valence-electron chi connectivity index (χ4n) is 1.28. The van der Waals surface area contributed by atoms with Gasteiger partial charge >= 0.3 is 0 Å². The molecule has 1 unspecified atom stereocenters. The quantitative estimate of drug-likeness (QED) is 0.583. The summed E-state index contributed by atoms with van der Waals surface area (Å²) >= 11 is 0. The van der Waals surface area contributed by atoms with Gasteiger partial charge in [-0.3, -0.25) is 4.79 Å². The number of benzene rings is 1. The maximum absolute atomic E-state index is 11.4. The number of carbonyl (C=O) groups is 1. The first-order valence-electron chi connectivity index (χ1n) is 5.76. The minimum Gasteiger partial charge on any atom is -0.453 e. The molecule has 1 amide bonds. The van der Waals surface area contributed by atoms with Crippen molar-refractivity contribution in [2.75, 3.05) is 6.61 Å². The van der Waals surface area contributed by atoms with E-state index in [1.54, 1.807) is 12.1 Å². The standard InChI is InChI=1S/C13H19NO3/c1-3-4-10-16-13(2,12(14)15)17-11-8-6-5-7-9-11/h5-9H,3-4,10H2,1-2H3,(H2,14,15). The molecule has 94 valence electrons. The molecule has 0 aliphatic heterocycles. The predicted octanol–water partition coefficient (Wildman–Crippen LogP) is 2.08. The molecule has 0 radical (unpaired) electrons. The number of amides is 1. The smallest absolute Gasteiger partial charge is 0.290 e. The van der Waals surface area contributed by atoms with Crippen LogP contribution in [0, 0.1) is 0 Å². The van der Waals surface area contributed by atoms with Gasteiger partial charge in [0.2, 0.25) is 0 Å². The van der Waals surface area contributed by atoms with Gasteiger partial charge in [0.1, 0.15) is 5.75 Å². The Labute approximate surface area is 102 Å². The lowest BCUT2D eigenvalue weighted by atomic mass is 10.2. The van der Waals surface area contributed by atoms with Gasteiger partial charge < -0.3 is 15.2 Å². The second kappa shape index (κ2) is 6.25. The summed E-state index contributed by atoms with van der Waals surface area (Å²) in [6, 6.07) is 9.02. The third kappa shape index (κ3) is 4.07. The van der Waals surface area contributed by atoms with Crippen molar-refractivity contribution in [3.05, 3.63) is 30.3 Å². The van der Waals surface area contributed by atoms with Crippen LogP contribution in [0.25, 0.3) is 0 Å². The zero-order valence-electron chi connectivity index (χ0n) is 10.3. The van der Waals surface area contributed by atoms with E-state index in [9.17, 15) is 4.79 Å². The van der Waals surface area contributed by atoms with Crippen LogP contribution in [0.15, 0.2) is 30.3 Å². The molecule has 1 rings (SSSR count). The molecule has 0 bridgehead atoms. The number of nitrogens with two attached hydrogens (primary N) is 1. The number of hydrogen-bond donors (Lipinski definition) is 1. The summed E-state index contributed by atoms with van der Waals surface area (Å²) in [6.45, 7) is 4.03. The summed E-state index contributed by atoms with van der Waals surface area (Å²) in [5.74, 6) is -1.47. The van der Waals surface area contributed by atoms with E-state index in [0.29, 0.717) is 12.4 Å². The van der Waals surface area contributed by atoms with E-state index in [1.165, 1.54) is 6.92 Å². The van der Waals surface area contributed by atoms with Gasteiger partial charge in [0.15, 0.2) is 0 Å². The lowest BCUT2D eigenvalue weighted by molar-refractivity contribution is -0.185. The summed E-state index contributed by atoms with van der Waals surface area (Å²) in [7, 11) is 0. The zero-order valence-corrected chi connectivity index (χ0v) is 10.3. The molecule has 4 nitrogen and oxygen atoms in total. The van der Waals surface area contributed by atoms with Crippen LogP contribution < -0.4 is 10.5 Å². The van der Waals surface area contributed by atoms with Crippen molar-refractivity contribution in [2.24, 2.45) is 5.73 Å². The number of ether oxygens (including phenoxy) is 2. The van der Waals surface area contributed by atoms with Crippen molar-refractivity contribution >= 4 is 5.91 Å². The minimum absolute atomic E-state index is 0.447. The Morgan fingerprint density at radius 1 is 1.35 bits per heavy atom.